The number of hydrogen-bond donors (Lipinski definition) is 1. The van der Waals surface area contributed by atoms with Gasteiger partial charge in [0.15, 0.2) is 5.65 Å². The Morgan fingerprint density at radius 1 is 1.07 bits per heavy atom. The van der Waals surface area contributed by atoms with E-state index in [1.165, 1.54) is 0 Å². The first kappa shape index (κ1) is 28.1. The topological polar surface area (TPSA) is 116 Å². The highest BCUT2D eigenvalue weighted by molar-refractivity contribution is 6.09. The minimum Gasteiger partial charge on any atom is -0.351 e. The molecule has 1 unspecified atom stereocenters. The second kappa shape index (κ2) is 11.6. The highest BCUT2D eigenvalue weighted by atomic mass is 16.2. The molecule has 1 N–H and O–H groups in total. The average Bonchev–Trinajstić information content (AvgIpc) is 3.36. The molecular formula is C29H40N8O3. The zero-order valence-corrected chi connectivity index (χ0v) is 24.2. The molecule has 0 aliphatic carbocycles. The molecule has 2 aromatic heterocycles. The molecule has 0 bridgehead atoms. The number of nitrogens with zero attached hydrogens (tertiary/aromatic N) is 7. The van der Waals surface area contributed by atoms with Gasteiger partial charge < -0.3 is 15.1 Å². The van der Waals surface area contributed by atoms with E-state index in [-0.39, 0.29) is 36.0 Å². The number of piperidine rings is 1. The van der Waals surface area contributed by atoms with E-state index < -0.39 is 5.92 Å². The van der Waals surface area contributed by atoms with Crippen molar-refractivity contribution in [2.75, 3.05) is 52.9 Å². The third-order valence-corrected chi connectivity index (χ3v) is 8.36. The molecule has 11 heteroatoms. The fraction of sp³-hybridized carbons (Fsp3) is 0.586. The van der Waals surface area contributed by atoms with Gasteiger partial charge in [-0.15, -0.1) is 0 Å². The molecule has 2 saturated heterocycles. The lowest BCUT2D eigenvalue weighted by Gasteiger charge is -2.42. The molecule has 11 nitrogen and oxygen atoms in total. The summed E-state index contributed by atoms with van der Waals surface area (Å²) in [5, 5.41) is 7.93. The van der Waals surface area contributed by atoms with E-state index in [0.29, 0.717) is 41.4 Å². The van der Waals surface area contributed by atoms with Crippen molar-refractivity contribution in [1.29, 1.82) is 0 Å². The summed E-state index contributed by atoms with van der Waals surface area (Å²) in [6.07, 6.45) is 5.34. The van der Waals surface area contributed by atoms with Crippen molar-refractivity contribution in [3.8, 4) is 0 Å². The molecule has 0 aromatic carbocycles. The van der Waals surface area contributed by atoms with Gasteiger partial charge in [0, 0.05) is 63.6 Å². The minimum atomic E-state index is -0.508. The number of dihydropyridines is 1. The summed E-state index contributed by atoms with van der Waals surface area (Å²) in [5.41, 5.74) is 2.60. The van der Waals surface area contributed by atoms with Crippen LogP contribution >= 0.6 is 0 Å². The van der Waals surface area contributed by atoms with Crippen molar-refractivity contribution in [3.05, 3.63) is 35.2 Å². The summed E-state index contributed by atoms with van der Waals surface area (Å²) >= 11 is 0. The number of pyridine rings is 1. The Bertz CT molecular complexity index is 1360. The van der Waals surface area contributed by atoms with E-state index in [1.807, 2.05) is 31.7 Å². The summed E-state index contributed by atoms with van der Waals surface area (Å²) in [5.74, 6) is -1.31. The van der Waals surface area contributed by atoms with Crippen LogP contribution in [0.2, 0.25) is 0 Å². The number of fused-ring (bicyclic) bond motifs is 1. The second-order valence-corrected chi connectivity index (χ2v) is 11.6. The van der Waals surface area contributed by atoms with Gasteiger partial charge >= 0.3 is 0 Å². The van der Waals surface area contributed by atoms with Crippen LogP contribution in [0.1, 0.15) is 67.4 Å². The third-order valence-electron chi connectivity index (χ3n) is 8.36. The van der Waals surface area contributed by atoms with Gasteiger partial charge in [0.05, 0.1) is 23.1 Å². The number of amides is 3. The maximum Gasteiger partial charge on any atom is 0.272 e. The largest absolute Gasteiger partial charge is 0.351 e. The van der Waals surface area contributed by atoms with Gasteiger partial charge in [0.1, 0.15) is 5.69 Å². The van der Waals surface area contributed by atoms with Gasteiger partial charge in [-0.3, -0.25) is 19.3 Å². The highest BCUT2D eigenvalue weighted by Gasteiger charge is 2.31. The highest BCUT2D eigenvalue weighted by Crippen LogP contribution is 2.25. The number of carbonyl (C=O) groups excluding carboxylic acids is 3. The first-order valence-corrected chi connectivity index (χ1v) is 14.3. The summed E-state index contributed by atoms with van der Waals surface area (Å²) in [7, 11) is 2.16. The van der Waals surface area contributed by atoms with Crippen molar-refractivity contribution in [2.24, 2.45) is 10.9 Å². The van der Waals surface area contributed by atoms with Crippen molar-refractivity contribution >= 4 is 34.5 Å². The van der Waals surface area contributed by atoms with E-state index in [4.69, 9.17) is 4.98 Å². The van der Waals surface area contributed by atoms with Crippen LogP contribution in [0.4, 0.5) is 0 Å². The molecule has 214 valence electrons. The van der Waals surface area contributed by atoms with E-state index in [9.17, 15) is 14.4 Å². The first-order chi connectivity index (χ1) is 19.1. The Kier molecular flexibility index (Phi) is 8.14. The molecule has 2 fully saturated rings. The molecule has 2 aromatic rings. The van der Waals surface area contributed by atoms with Crippen molar-refractivity contribution in [3.63, 3.8) is 0 Å². The molecule has 0 radical (unpaired) electrons. The van der Waals surface area contributed by atoms with Crippen molar-refractivity contribution in [1.82, 2.24) is 34.8 Å². The lowest BCUT2D eigenvalue weighted by atomic mass is 9.95. The van der Waals surface area contributed by atoms with Crippen molar-refractivity contribution < 1.29 is 14.4 Å². The van der Waals surface area contributed by atoms with Crippen molar-refractivity contribution in [2.45, 2.75) is 52.6 Å². The Hall–Kier alpha value is -3.44. The number of aromatic nitrogens is 3. The maximum absolute atomic E-state index is 13.7. The molecule has 5 rings (SSSR count). The standard InChI is InChI=1S/C29H40N8O3/c1-18(2)37-26-24(17-31-37)22(27(38)30-16-23-19(3)14-20(4)32-28(23)39)15-25(33-26)29(40)36-8-6-21(7-9-36)35-12-10-34(5)11-13-35/h14-15,17-18,21,23H,6-13,16H2,1-5H3,(H,30,38). The monoisotopic (exact) mass is 548 g/mol. The predicted molar refractivity (Wildman–Crippen MR) is 154 cm³/mol. The van der Waals surface area contributed by atoms with Gasteiger partial charge in [-0.2, -0.15) is 5.10 Å². The van der Waals surface area contributed by atoms with E-state index in [1.54, 1.807) is 23.9 Å². The van der Waals surface area contributed by atoms with Gasteiger partial charge in [-0.25, -0.2) is 14.7 Å². The van der Waals surface area contributed by atoms with E-state index >= 15 is 0 Å². The number of likely N-dealkylation sites (N-methyl/N-ethyl adjacent to an activating group) is 1. The molecule has 0 saturated carbocycles. The summed E-state index contributed by atoms with van der Waals surface area (Å²) in [6.45, 7) is 13.4. The molecule has 5 heterocycles. The number of rotatable bonds is 6. The smallest absolute Gasteiger partial charge is 0.272 e. The zero-order chi connectivity index (χ0) is 28.6. The number of hydrogen-bond acceptors (Lipinski definition) is 7. The van der Waals surface area contributed by atoms with Gasteiger partial charge in [-0.05, 0) is 59.7 Å². The van der Waals surface area contributed by atoms with Gasteiger partial charge in [0.25, 0.3) is 17.7 Å². The maximum atomic E-state index is 13.7. The first-order valence-electron chi connectivity index (χ1n) is 14.3. The number of nitrogens with one attached hydrogen (secondary N) is 1. The van der Waals surface area contributed by atoms with E-state index in [0.717, 1.165) is 44.6 Å². The Balaban J connectivity index is 1.34. The van der Waals surface area contributed by atoms with Crippen LogP contribution < -0.4 is 5.32 Å². The normalized spacial score (nSPS) is 21.6. The summed E-state index contributed by atoms with van der Waals surface area (Å²) in [6, 6.07) is 2.07. The SMILES string of the molecule is CC1=CC(C)=NC(=O)C1CNC(=O)c1cc(C(=O)N2CCC(N3CCN(C)CC3)CC2)nc2c1cnn2C(C)C. The molecule has 0 spiro atoms. The number of allylic oxidation sites excluding steroid dienone is 1. The minimum absolute atomic E-state index is 0.000607. The fourth-order valence-corrected chi connectivity index (χ4v) is 5.92. The Labute approximate surface area is 235 Å². The molecular weight excluding hydrogens is 508 g/mol. The van der Waals surface area contributed by atoms with Gasteiger partial charge in [-0.1, -0.05) is 5.57 Å². The summed E-state index contributed by atoms with van der Waals surface area (Å²) < 4.78 is 1.73. The molecule has 3 aliphatic rings. The van der Waals surface area contributed by atoms with Crippen LogP contribution in [-0.2, 0) is 4.79 Å². The average molecular weight is 549 g/mol. The number of piperazine rings is 1. The van der Waals surface area contributed by atoms with Gasteiger partial charge in [0.2, 0.25) is 0 Å². The van der Waals surface area contributed by atoms with Crippen LogP contribution in [-0.4, -0.2) is 112 Å². The quantitative estimate of drug-likeness (QED) is 0.588. The van der Waals surface area contributed by atoms with Crippen LogP contribution in [0.15, 0.2) is 28.9 Å². The van der Waals surface area contributed by atoms with Crippen LogP contribution in [0.3, 0.4) is 0 Å². The number of aliphatic imine (C=N–C) groups is 1. The third kappa shape index (κ3) is 5.71. The lowest BCUT2D eigenvalue weighted by Crippen LogP contribution is -2.53. The molecule has 40 heavy (non-hydrogen) atoms. The number of carbonyl (C=O) groups is 3. The zero-order valence-electron chi connectivity index (χ0n) is 24.2. The molecule has 3 amide bonds. The Morgan fingerprint density at radius 3 is 2.42 bits per heavy atom. The van der Waals surface area contributed by atoms with Crippen LogP contribution in [0.25, 0.3) is 11.0 Å². The summed E-state index contributed by atoms with van der Waals surface area (Å²) in [4.78, 5) is 55.1. The Morgan fingerprint density at radius 2 is 1.77 bits per heavy atom. The second-order valence-electron chi connectivity index (χ2n) is 11.6. The van der Waals surface area contributed by atoms with Crippen LogP contribution in [0, 0.1) is 5.92 Å². The lowest BCUT2D eigenvalue weighted by molar-refractivity contribution is -0.120. The number of likely N-dealkylation sites (tertiary alicyclic amines) is 1. The van der Waals surface area contributed by atoms with E-state index in [2.05, 4.69) is 32.3 Å². The fourth-order valence-electron chi connectivity index (χ4n) is 5.92. The van der Waals surface area contributed by atoms with Crippen LogP contribution in [0.5, 0.6) is 0 Å². The molecule has 3 aliphatic heterocycles. The molecule has 1 atom stereocenters. The predicted octanol–water partition coefficient (Wildman–Crippen LogP) is 2.16.